The molecule has 1 N–H and O–H groups in total. The van der Waals surface area contributed by atoms with Crippen molar-refractivity contribution in [3.63, 3.8) is 0 Å². The number of ether oxygens (including phenoxy) is 1. The molecule has 2 nitrogen and oxygen atoms in total. The van der Waals surface area contributed by atoms with Gasteiger partial charge in [-0.2, -0.15) is 0 Å². The minimum atomic E-state index is 0.285. The Kier molecular flexibility index (Phi) is 6.07. The first kappa shape index (κ1) is 17.0. The number of rotatable bonds is 6. The number of aryl methyl sites for hydroxylation is 2. The van der Waals surface area contributed by atoms with Gasteiger partial charge in [0.2, 0.25) is 0 Å². The molecular weight excluding hydrogens is 246 g/mol. The summed E-state index contributed by atoms with van der Waals surface area (Å²) < 4.78 is 5.64. The molecule has 0 amide bonds. The Bertz CT molecular complexity index is 432. The Hall–Kier alpha value is -1.02. The van der Waals surface area contributed by atoms with Crippen LogP contribution in [0.5, 0.6) is 5.75 Å². The summed E-state index contributed by atoms with van der Waals surface area (Å²) in [5.74, 6) is 1.01. The van der Waals surface area contributed by atoms with Crippen molar-refractivity contribution >= 4 is 0 Å². The number of hydrogen-bond acceptors (Lipinski definition) is 2. The molecule has 1 aromatic rings. The molecule has 114 valence electrons. The maximum absolute atomic E-state index is 5.64. The molecule has 1 atom stereocenters. The van der Waals surface area contributed by atoms with Crippen molar-refractivity contribution in [2.45, 2.75) is 60.4 Å². The van der Waals surface area contributed by atoms with E-state index in [1.807, 2.05) is 0 Å². The second-order valence-electron chi connectivity index (χ2n) is 6.97. The first-order valence-electron chi connectivity index (χ1n) is 7.67. The highest BCUT2D eigenvalue weighted by Crippen LogP contribution is 2.36. The second kappa shape index (κ2) is 7.12. The quantitative estimate of drug-likeness (QED) is 0.807. The summed E-state index contributed by atoms with van der Waals surface area (Å²) in [5.41, 5.74) is 4.18. The van der Waals surface area contributed by atoms with E-state index in [4.69, 9.17) is 4.74 Å². The van der Waals surface area contributed by atoms with Gasteiger partial charge < -0.3 is 10.1 Å². The highest BCUT2D eigenvalue weighted by atomic mass is 16.5. The molecule has 0 aliphatic rings. The van der Waals surface area contributed by atoms with Crippen molar-refractivity contribution in [2.75, 3.05) is 13.7 Å². The van der Waals surface area contributed by atoms with Gasteiger partial charge in [-0.15, -0.1) is 0 Å². The fourth-order valence-corrected chi connectivity index (χ4v) is 2.76. The van der Waals surface area contributed by atoms with Crippen LogP contribution in [0.4, 0.5) is 0 Å². The Morgan fingerprint density at radius 1 is 1.20 bits per heavy atom. The first-order chi connectivity index (χ1) is 9.28. The fourth-order valence-electron chi connectivity index (χ4n) is 2.76. The van der Waals surface area contributed by atoms with Gasteiger partial charge in [-0.25, -0.2) is 0 Å². The third-order valence-electron chi connectivity index (χ3n) is 3.52. The average Bonchev–Trinajstić information content (AvgIpc) is 2.32. The Morgan fingerprint density at radius 3 is 2.35 bits per heavy atom. The topological polar surface area (TPSA) is 21.3 Å². The summed E-state index contributed by atoms with van der Waals surface area (Å²) in [4.78, 5) is 0. The number of methoxy groups -OCH3 is 1. The molecule has 0 bridgehead atoms. The highest BCUT2D eigenvalue weighted by molar-refractivity contribution is 5.45. The molecule has 0 radical (unpaired) electrons. The van der Waals surface area contributed by atoms with E-state index in [0.717, 1.165) is 25.1 Å². The Morgan fingerprint density at radius 2 is 1.85 bits per heavy atom. The molecular formula is C18H31NO. The van der Waals surface area contributed by atoms with Gasteiger partial charge in [-0.05, 0) is 55.8 Å². The monoisotopic (exact) mass is 277 g/mol. The standard InChI is InChI=1S/C18H31NO/c1-8-9-19-15(12-18(4,5)6)17-14(3)10-13(2)11-16(17)20-7/h10-11,15,19H,8-9,12H2,1-7H3. The zero-order valence-electron chi connectivity index (χ0n) is 14.3. The maximum Gasteiger partial charge on any atom is 0.124 e. The normalized spacial score (nSPS) is 13.3. The van der Waals surface area contributed by atoms with E-state index in [2.05, 4.69) is 59.0 Å². The molecule has 0 saturated carbocycles. The van der Waals surface area contributed by atoms with Crippen LogP contribution >= 0.6 is 0 Å². The molecule has 0 aliphatic carbocycles. The zero-order valence-corrected chi connectivity index (χ0v) is 14.3. The lowest BCUT2D eigenvalue weighted by Crippen LogP contribution is -2.27. The van der Waals surface area contributed by atoms with Gasteiger partial charge in [0.25, 0.3) is 0 Å². The summed E-state index contributed by atoms with van der Waals surface area (Å²) in [6.45, 7) is 14.4. The molecule has 0 aliphatic heterocycles. The van der Waals surface area contributed by atoms with Crippen LogP contribution in [0.15, 0.2) is 12.1 Å². The highest BCUT2D eigenvalue weighted by Gasteiger charge is 2.24. The van der Waals surface area contributed by atoms with Gasteiger partial charge >= 0.3 is 0 Å². The second-order valence-corrected chi connectivity index (χ2v) is 6.97. The molecule has 20 heavy (non-hydrogen) atoms. The van der Waals surface area contributed by atoms with Crippen LogP contribution in [0.2, 0.25) is 0 Å². The lowest BCUT2D eigenvalue weighted by Gasteiger charge is -2.29. The Labute approximate surface area is 124 Å². The lowest BCUT2D eigenvalue weighted by molar-refractivity contribution is 0.303. The number of hydrogen-bond donors (Lipinski definition) is 1. The molecule has 0 saturated heterocycles. The first-order valence-corrected chi connectivity index (χ1v) is 7.67. The molecule has 0 fully saturated rings. The predicted molar refractivity (Wildman–Crippen MR) is 87.6 cm³/mol. The van der Waals surface area contributed by atoms with Gasteiger partial charge in [0.1, 0.15) is 5.75 Å². The van der Waals surface area contributed by atoms with Crippen LogP contribution in [0.25, 0.3) is 0 Å². The van der Waals surface area contributed by atoms with Crippen molar-refractivity contribution in [2.24, 2.45) is 5.41 Å². The van der Waals surface area contributed by atoms with E-state index >= 15 is 0 Å². The van der Waals surface area contributed by atoms with Gasteiger partial charge in [0, 0.05) is 11.6 Å². The fraction of sp³-hybridized carbons (Fsp3) is 0.667. The van der Waals surface area contributed by atoms with E-state index in [1.54, 1.807) is 7.11 Å². The van der Waals surface area contributed by atoms with E-state index in [1.165, 1.54) is 16.7 Å². The third kappa shape index (κ3) is 4.82. The maximum atomic E-state index is 5.64. The Balaban J connectivity index is 3.18. The van der Waals surface area contributed by atoms with Crippen LogP contribution in [0.1, 0.15) is 63.3 Å². The molecule has 1 rings (SSSR count). The SMILES string of the molecule is CCCNC(CC(C)(C)C)c1c(C)cc(C)cc1OC. The van der Waals surface area contributed by atoms with Crippen LogP contribution < -0.4 is 10.1 Å². The van der Waals surface area contributed by atoms with Crippen molar-refractivity contribution in [1.29, 1.82) is 0 Å². The zero-order chi connectivity index (χ0) is 15.3. The van der Waals surface area contributed by atoms with Crippen molar-refractivity contribution in [1.82, 2.24) is 5.32 Å². The lowest BCUT2D eigenvalue weighted by atomic mass is 9.83. The molecule has 2 heteroatoms. The smallest absolute Gasteiger partial charge is 0.124 e. The van der Waals surface area contributed by atoms with Gasteiger partial charge in [0.15, 0.2) is 0 Å². The van der Waals surface area contributed by atoms with E-state index in [0.29, 0.717) is 6.04 Å². The predicted octanol–water partition coefficient (Wildman–Crippen LogP) is 4.79. The minimum absolute atomic E-state index is 0.285. The summed E-state index contributed by atoms with van der Waals surface area (Å²) in [6, 6.07) is 4.75. The molecule has 1 unspecified atom stereocenters. The molecule has 0 spiro atoms. The summed E-state index contributed by atoms with van der Waals surface area (Å²) in [5, 5.41) is 3.70. The van der Waals surface area contributed by atoms with Crippen molar-refractivity contribution in [3.8, 4) is 5.75 Å². The van der Waals surface area contributed by atoms with Crippen LogP contribution in [-0.2, 0) is 0 Å². The largest absolute Gasteiger partial charge is 0.496 e. The number of benzene rings is 1. The van der Waals surface area contributed by atoms with Crippen LogP contribution in [-0.4, -0.2) is 13.7 Å². The molecule has 0 heterocycles. The van der Waals surface area contributed by atoms with Crippen molar-refractivity contribution in [3.05, 3.63) is 28.8 Å². The average molecular weight is 277 g/mol. The third-order valence-corrected chi connectivity index (χ3v) is 3.52. The van der Waals surface area contributed by atoms with E-state index in [9.17, 15) is 0 Å². The van der Waals surface area contributed by atoms with Crippen LogP contribution in [0.3, 0.4) is 0 Å². The molecule has 1 aromatic carbocycles. The molecule has 0 aromatic heterocycles. The summed E-state index contributed by atoms with van der Waals surface area (Å²) in [6.07, 6.45) is 2.25. The van der Waals surface area contributed by atoms with Crippen molar-refractivity contribution < 1.29 is 4.74 Å². The summed E-state index contributed by atoms with van der Waals surface area (Å²) in [7, 11) is 1.77. The van der Waals surface area contributed by atoms with Gasteiger partial charge in [-0.1, -0.05) is 33.8 Å². The summed E-state index contributed by atoms with van der Waals surface area (Å²) >= 11 is 0. The minimum Gasteiger partial charge on any atom is -0.496 e. The van der Waals surface area contributed by atoms with E-state index < -0.39 is 0 Å². The number of nitrogens with one attached hydrogen (secondary N) is 1. The van der Waals surface area contributed by atoms with Gasteiger partial charge in [0.05, 0.1) is 7.11 Å². The van der Waals surface area contributed by atoms with Gasteiger partial charge in [-0.3, -0.25) is 0 Å². The van der Waals surface area contributed by atoms with E-state index in [-0.39, 0.29) is 5.41 Å². The van der Waals surface area contributed by atoms with Crippen LogP contribution in [0, 0.1) is 19.3 Å².